The van der Waals surface area contributed by atoms with Crippen LogP contribution in [-0.4, -0.2) is 13.1 Å². The molecule has 0 bridgehead atoms. The molecule has 176 valence electrons. The van der Waals surface area contributed by atoms with Crippen molar-refractivity contribution < 1.29 is 0 Å². The van der Waals surface area contributed by atoms with Gasteiger partial charge in [0.25, 0.3) is 0 Å². The Morgan fingerprint density at radius 1 is 0.657 bits per heavy atom. The zero-order valence-electron chi connectivity index (χ0n) is 20.6. The number of aryl methyl sites for hydroxylation is 1. The van der Waals surface area contributed by atoms with Gasteiger partial charge in [0.15, 0.2) is 0 Å². The molecule has 0 atom stereocenters. The summed E-state index contributed by atoms with van der Waals surface area (Å²) >= 11 is 3.58. The summed E-state index contributed by atoms with van der Waals surface area (Å²) in [7, 11) is 0. The second-order valence-electron chi connectivity index (χ2n) is 8.84. The normalized spacial score (nSPS) is 11.2. The van der Waals surface area contributed by atoms with Crippen LogP contribution in [-0.2, 0) is 0 Å². The van der Waals surface area contributed by atoms with Crippen molar-refractivity contribution in [3.8, 4) is 20.9 Å². The summed E-state index contributed by atoms with van der Waals surface area (Å²) in [5, 5.41) is 4.28. The van der Waals surface area contributed by atoms with E-state index in [-0.39, 0.29) is 5.92 Å². The van der Waals surface area contributed by atoms with E-state index >= 15 is 0 Å². The first-order valence-corrected chi connectivity index (χ1v) is 14.1. The van der Waals surface area contributed by atoms with Crippen molar-refractivity contribution in [2.24, 2.45) is 0 Å². The van der Waals surface area contributed by atoms with Gasteiger partial charge in [0.05, 0.1) is 0 Å². The third kappa shape index (κ3) is 4.98. The van der Waals surface area contributed by atoms with Crippen molar-refractivity contribution in [2.45, 2.75) is 26.7 Å². The summed E-state index contributed by atoms with van der Waals surface area (Å²) in [6, 6.07) is 33.9. The Bertz CT molecular complexity index is 1270. The van der Waals surface area contributed by atoms with Gasteiger partial charge in [-0.15, -0.1) is 22.7 Å². The summed E-state index contributed by atoms with van der Waals surface area (Å²) < 4.78 is 0. The molecular formula is C32H31NS2. The van der Waals surface area contributed by atoms with Crippen LogP contribution in [0.15, 0.2) is 102 Å². The predicted molar refractivity (Wildman–Crippen MR) is 155 cm³/mol. The van der Waals surface area contributed by atoms with E-state index in [1.54, 1.807) is 22.7 Å². The second-order valence-corrected chi connectivity index (χ2v) is 10.7. The summed E-state index contributed by atoms with van der Waals surface area (Å²) in [5.74, 6) is 0.190. The Kier molecular flexibility index (Phi) is 7.17. The summed E-state index contributed by atoms with van der Waals surface area (Å²) in [5.41, 5.74) is 9.22. The molecule has 1 nitrogen and oxygen atoms in total. The van der Waals surface area contributed by atoms with E-state index in [1.165, 1.54) is 48.8 Å². The Morgan fingerprint density at radius 3 is 1.57 bits per heavy atom. The molecule has 0 aliphatic rings. The highest BCUT2D eigenvalue weighted by atomic mass is 32.1. The zero-order chi connectivity index (χ0) is 24.2. The number of rotatable bonds is 8. The highest BCUT2D eigenvalue weighted by Gasteiger charge is 2.20. The van der Waals surface area contributed by atoms with Gasteiger partial charge in [-0.3, -0.25) is 0 Å². The van der Waals surface area contributed by atoms with Crippen LogP contribution in [0.5, 0.6) is 0 Å². The van der Waals surface area contributed by atoms with Crippen LogP contribution in [0, 0.1) is 6.92 Å². The minimum absolute atomic E-state index is 0.190. The summed E-state index contributed by atoms with van der Waals surface area (Å²) in [6.45, 7) is 8.75. The Balaban J connectivity index is 1.57. The van der Waals surface area contributed by atoms with Crippen molar-refractivity contribution in [3.63, 3.8) is 0 Å². The Labute approximate surface area is 217 Å². The lowest BCUT2D eigenvalue weighted by Crippen LogP contribution is -2.22. The van der Waals surface area contributed by atoms with E-state index in [4.69, 9.17) is 0 Å². The molecule has 0 amide bonds. The maximum atomic E-state index is 2.41. The highest BCUT2D eigenvalue weighted by molar-refractivity contribution is 7.13. The van der Waals surface area contributed by atoms with Crippen LogP contribution in [0.4, 0.5) is 5.69 Å². The molecule has 3 aromatic carbocycles. The van der Waals surface area contributed by atoms with E-state index in [0.717, 1.165) is 13.1 Å². The van der Waals surface area contributed by atoms with Gasteiger partial charge in [-0.1, -0.05) is 66.7 Å². The van der Waals surface area contributed by atoms with Crippen molar-refractivity contribution in [2.75, 3.05) is 18.0 Å². The lowest BCUT2D eigenvalue weighted by atomic mass is 9.82. The first kappa shape index (κ1) is 23.6. The SMILES string of the molecule is CCN(CC)c1ccc(C(c2ccc(-c3cccs3)cc2)c2ccc(-c3cccs3)cc2)c(C)c1. The fourth-order valence-electron chi connectivity index (χ4n) is 4.89. The lowest BCUT2D eigenvalue weighted by molar-refractivity contribution is 0.863. The maximum Gasteiger partial charge on any atom is 0.0368 e. The third-order valence-electron chi connectivity index (χ3n) is 6.79. The summed E-state index contributed by atoms with van der Waals surface area (Å²) in [4.78, 5) is 5.04. The van der Waals surface area contributed by atoms with Gasteiger partial charge >= 0.3 is 0 Å². The molecule has 0 saturated carbocycles. The molecule has 0 saturated heterocycles. The maximum absolute atomic E-state index is 2.41. The van der Waals surface area contributed by atoms with Crippen LogP contribution in [0.25, 0.3) is 20.9 Å². The molecular weight excluding hydrogens is 462 g/mol. The number of nitrogens with zero attached hydrogens (tertiary/aromatic N) is 1. The number of thiophene rings is 2. The van der Waals surface area contributed by atoms with E-state index in [1.807, 2.05) is 0 Å². The molecule has 2 heterocycles. The molecule has 35 heavy (non-hydrogen) atoms. The fourth-order valence-corrected chi connectivity index (χ4v) is 6.35. The monoisotopic (exact) mass is 493 g/mol. The van der Waals surface area contributed by atoms with Gasteiger partial charge in [-0.05, 0) is 89.2 Å². The van der Waals surface area contributed by atoms with E-state index in [0.29, 0.717) is 0 Å². The standard InChI is InChI=1S/C32H31NS2/c1-4-33(5-2)28-18-19-29(23(3)22-28)32(26-14-10-24(11-15-26)30-8-6-20-34-30)27-16-12-25(13-17-27)31-9-7-21-35-31/h6-22,32H,4-5H2,1-3H3. The number of benzene rings is 3. The topological polar surface area (TPSA) is 3.24 Å². The second kappa shape index (κ2) is 10.6. The smallest absolute Gasteiger partial charge is 0.0368 e. The summed E-state index contributed by atoms with van der Waals surface area (Å²) in [6.07, 6.45) is 0. The van der Waals surface area contributed by atoms with Gasteiger partial charge in [0.2, 0.25) is 0 Å². The van der Waals surface area contributed by atoms with Crippen LogP contribution in [0.2, 0.25) is 0 Å². The average molecular weight is 494 g/mol. The van der Waals surface area contributed by atoms with Gasteiger partial charge in [0.1, 0.15) is 0 Å². The Morgan fingerprint density at radius 2 is 1.17 bits per heavy atom. The van der Waals surface area contributed by atoms with Crippen molar-refractivity contribution in [3.05, 3.63) is 124 Å². The average Bonchev–Trinajstić information content (AvgIpc) is 3.62. The molecule has 0 radical (unpaired) electrons. The van der Waals surface area contributed by atoms with Crippen LogP contribution in [0.1, 0.15) is 42.0 Å². The lowest BCUT2D eigenvalue weighted by Gasteiger charge is -2.25. The largest absolute Gasteiger partial charge is 0.372 e. The van der Waals surface area contributed by atoms with Crippen LogP contribution >= 0.6 is 22.7 Å². The van der Waals surface area contributed by atoms with Crippen molar-refractivity contribution in [1.82, 2.24) is 0 Å². The molecule has 0 unspecified atom stereocenters. The third-order valence-corrected chi connectivity index (χ3v) is 8.63. The fraction of sp³-hybridized carbons (Fsp3) is 0.188. The van der Waals surface area contributed by atoms with E-state index in [2.05, 4.69) is 127 Å². The first-order chi connectivity index (χ1) is 17.2. The molecule has 0 fully saturated rings. The minimum Gasteiger partial charge on any atom is -0.372 e. The minimum atomic E-state index is 0.190. The van der Waals surface area contributed by atoms with Gasteiger partial charge < -0.3 is 4.90 Å². The molecule has 3 heteroatoms. The van der Waals surface area contributed by atoms with Crippen molar-refractivity contribution in [1.29, 1.82) is 0 Å². The Hall–Kier alpha value is -3.14. The quantitative estimate of drug-likeness (QED) is 0.195. The highest BCUT2D eigenvalue weighted by Crippen LogP contribution is 2.37. The number of anilines is 1. The van der Waals surface area contributed by atoms with E-state index < -0.39 is 0 Å². The molecule has 5 rings (SSSR count). The molecule has 0 spiro atoms. The van der Waals surface area contributed by atoms with Gasteiger partial charge in [-0.2, -0.15) is 0 Å². The van der Waals surface area contributed by atoms with Crippen LogP contribution in [0.3, 0.4) is 0 Å². The first-order valence-electron chi connectivity index (χ1n) is 12.3. The van der Waals surface area contributed by atoms with Gasteiger partial charge in [-0.25, -0.2) is 0 Å². The zero-order valence-corrected chi connectivity index (χ0v) is 22.2. The number of hydrogen-bond donors (Lipinski definition) is 0. The van der Waals surface area contributed by atoms with E-state index in [9.17, 15) is 0 Å². The molecule has 0 N–H and O–H groups in total. The predicted octanol–water partition coefficient (Wildman–Crippen LogP) is 9.48. The number of hydrogen-bond acceptors (Lipinski definition) is 3. The molecule has 0 aliphatic heterocycles. The van der Waals surface area contributed by atoms with Gasteiger partial charge in [0, 0.05) is 34.4 Å². The molecule has 0 aliphatic carbocycles. The molecule has 2 aromatic heterocycles. The van der Waals surface area contributed by atoms with Crippen molar-refractivity contribution >= 4 is 28.4 Å². The van der Waals surface area contributed by atoms with Crippen LogP contribution < -0.4 is 4.90 Å². The molecule has 5 aromatic rings.